The van der Waals surface area contributed by atoms with Crippen molar-refractivity contribution < 1.29 is 9.18 Å². The van der Waals surface area contributed by atoms with Crippen molar-refractivity contribution in [3.63, 3.8) is 0 Å². The summed E-state index contributed by atoms with van der Waals surface area (Å²) in [6.45, 7) is 3.36. The lowest BCUT2D eigenvalue weighted by molar-refractivity contribution is -0.136. The fourth-order valence-corrected chi connectivity index (χ4v) is 2.62. The first-order valence-corrected chi connectivity index (χ1v) is 7.43. The summed E-state index contributed by atoms with van der Waals surface area (Å²) in [6.07, 6.45) is 4.36. The molecule has 1 saturated heterocycles. The van der Waals surface area contributed by atoms with Gasteiger partial charge in [0.1, 0.15) is 11.6 Å². The van der Waals surface area contributed by atoms with Gasteiger partial charge in [0.05, 0.1) is 6.54 Å². The minimum atomic E-state index is -0.252. The zero-order chi connectivity index (χ0) is 15.4. The van der Waals surface area contributed by atoms with Crippen LogP contribution in [-0.4, -0.2) is 51.9 Å². The third-order valence-electron chi connectivity index (χ3n) is 3.90. The molecule has 0 aliphatic carbocycles. The van der Waals surface area contributed by atoms with Crippen LogP contribution >= 0.6 is 0 Å². The first-order chi connectivity index (χ1) is 10.7. The van der Waals surface area contributed by atoms with Crippen LogP contribution in [0.15, 0.2) is 36.7 Å². The van der Waals surface area contributed by atoms with Crippen LogP contribution in [0, 0.1) is 5.82 Å². The fraction of sp³-hybridized carbons (Fsp3) is 0.375. The highest BCUT2D eigenvalue weighted by Gasteiger charge is 2.23. The Balaban J connectivity index is 1.49. The van der Waals surface area contributed by atoms with Gasteiger partial charge in [0.2, 0.25) is 5.91 Å². The second kappa shape index (κ2) is 6.70. The van der Waals surface area contributed by atoms with Crippen LogP contribution in [0.5, 0.6) is 0 Å². The van der Waals surface area contributed by atoms with Gasteiger partial charge in [-0.2, -0.15) is 0 Å². The number of carbonyl (C=O) groups is 1. The maximum atomic E-state index is 12.9. The van der Waals surface area contributed by atoms with Crippen molar-refractivity contribution in [2.24, 2.45) is 0 Å². The molecule has 0 spiro atoms. The molecule has 1 aliphatic heterocycles. The van der Waals surface area contributed by atoms with Crippen LogP contribution in [0.4, 0.5) is 4.39 Å². The Hall–Kier alpha value is -2.21. The first kappa shape index (κ1) is 14.7. The molecule has 5 nitrogen and oxygen atoms in total. The monoisotopic (exact) mass is 302 g/mol. The molecular weight excluding hydrogens is 283 g/mol. The first-order valence-electron chi connectivity index (χ1n) is 7.43. The number of aromatic amines is 1. The normalized spacial score (nSPS) is 16.2. The molecule has 2 heterocycles. The minimum absolute atomic E-state index is 0.120. The zero-order valence-electron chi connectivity index (χ0n) is 12.3. The molecule has 1 aromatic heterocycles. The van der Waals surface area contributed by atoms with E-state index in [1.807, 2.05) is 4.90 Å². The molecule has 0 bridgehead atoms. The molecule has 1 amide bonds. The third kappa shape index (κ3) is 3.71. The Labute approximate surface area is 128 Å². The number of piperazine rings is 1. The van der Waals surface area contributed by atoms with Crippen molar-refractivity contribution in [2.75, 3.05) is 26.2 Å². The minimum Gasteiger partial charge on any atom is -0.349 e. The molecular formula is C16H19FN4O. The smallest absolute Gasteiger partial charge is 0.237 e. The summed E-state index contributed by atoms with van der Waals surface area (Å²) >= 11 is 0. The molecule has 116 valence electrons. The highest BCUT2D eigenvalue weighted by atomic mass is 19.1. The van der Waals surface area contributed by atoms with Crippen molar-refractivity contribution in [3.8, 4) is 0 Å². The van der Waals surface area contributed by atoms with Crippen molar-refractivity contribution >= 4 is 5.91 Å². The van der Waals surface area contributed by atoms with Crippen LogP contribution < -0.4 is 0 Å². The Morgan fingerprint density at radius 1 is 1.23 bits per heavy atom. The number of rotatable bonds is 5. The standard InChI is InChI=1S/C16H19FN4O/c17-14-3-1-13(2-4-14)11-21-10-9-20(12-16(21)22)8-5-15-18-6-7-19-15/h1-4,6-7H,5,8-12H2,(H,18,19). The average Bonchev–Trinajstić information content (AvgIpc) is 3.03. The number of imidazole rings is 1. The van der Waals surface area contributed by atoms with Crippen LogP contribution in [0.3, 0.4) is 0 Å². The molecule has 0 atom stereocenters. The summed E-state index contributed by atoms with van der Waals surface area (Å²) in [5.41, 5.74) is 0.957. The second-order valence-corrected chi connectivity index (χ2v) is 5.50. The Bertz CT molecular complexity index is 612. The highest BCUT2D eigenvalue weighted by Crippen LogP contribution is 2.11. The molecule has 0 unspecified atom stereocenters. The Morgan fingerprint density at radius 2 is 2.05 bits per heavy atom. The van der Waals surface area contributed by atoms with Gasteiger partial charge in [-0.25, -0.2) is 9.37 Å². The van der Waals surface area contributed by atoms with E-state index in [-0.39, 0.29) is 11.7 Å². The van der Waals surface area contributed by atoms with Gasteiger partial charge in [-0.1, -0.05) is 12.1 Å². The third-order valence-corrected chi connectivity index (χ3v) is 3.90. The van der Waals surface area contributed by atoms with Crippen molar-refractivity contribution in [1.29, 1.82) is 0 Å². The maximum Gasteiger partial charge on any atom is 0.237 e. The molecule has 0 saturated carbocycles. The van der Waals surface area contributed by atoms with E-state index in [0.717, 1.165) is 30.9 Å². The number of hydrogen-bond donors (Lipinski definition) is 1. The van der Waals surface area contributed by atoms with E-state index in [4.69, 9.17) is 0 Å². The number of benzene rings is 1. The molecule has 3 rings (SSSR count). The van der Waals surface area contributed by atoms with Crippen LogP contribution in [-0.2, 0) is 17.8 Å². The Kier molecular flexibility index (Phi) is 4.48. The predicted molar refractivity (Wildman–Crippen MR) is 80.5 cm³/mol. The summed E-state index contributed by atoms with van der Waals surface area (Å²) in [7, 11) is 0. The van der Waals surface area contributed by atoms with Crippen molar-refractivity contribution in [2.45, 2.75) is 13.0 Å². The van der Waals surface area contributed by atoms with E-state index in [2.05, 4.69) is 14.9 Å². The van der Waals surface area contributed by atoms with Gasteiger partial charge < -0.3 is 9.88 Å². The molecule has 2 aromatic rings. The lowest BCUT2D eigenvalue weighted by Gasteiger charge is -2.34. The summed E-state index contributed by atoms with van der Waals surface area (Å²) in [5.74, 6) is 0.814. The number of aromatic nitrogens is 2. The van der Waals surface area contributed by atoms with Crippen molar-refractivity contribution in [3.05, 3.63) is 53.9 Å². The molecule has 22 heavy (non-hydrogen) atoms. The highest BCUT2D eigenvalue weighted by molar-refractivity contribution is 5.79. The lowest BCUT2D eigenvalue weighted by atomic mass is 10.2. The van der Waals surface area contributed by atoms with E-state index in [1.165, 1.54) is 12.1 Å². The van der Waals surface area contributed by atoms with Gasteiger partial charge in [-0.15, -0.1) is 0 Å². The van der Waals surface area contributed by atoms with Crippen LogP contribution in [0.2, 0.25) is 0 Å². The summed E-state index contributed by atoms with van der Waals surface area (Å²) in [4.78, 5) is 23.5. The topological polar surface area (TPSA) is 52.2 Å². The SMILES string of the molecule is O=C1CN(CCc2ncc[nH]2)CCN1Cc1ccc(F)cc1. The molecule has 1 aromatic carbocycles. The van der Waals surface area contributed by atoms with Gasteiger partial charge in [-0.05, 0) is 17.7 Å². The number of halogens is 1. The number of H-pyrrole nitrogens is 1. The van der Waals surface area contributed by atoms with Crippen LogP contribution in [0.25, 0.3) is 0 Å². The largest absolute Gasteiger partial charge is 0.349 e. The number of nitrogens with one attached hydrogen (secondary N) is 1. The number of nitrogens with zero attached hydrogens (tertiary/aromatic N) is 3. The number of hydrogen-bond acceptors (Lipinski definition) is 3. The molecule has 6 heteroatoms. The van der Waals surface area contributed by atoms with Gasteiger partial charge in [0, 0.05) is 45.0 Å². The quantitative estimate of drug-likeness (QED) is 0.909. The molecule has 1 aliphatic rings. The van der Waals surface area contributed by atoms with Gasteiger partial charge in [0.15, 0.2) is 0 Å². The summed E-state index contributed by atoms with van der Waals surface area (Å²) < 4.78 is 12.9. The van der Waals surface area contributed by atoms with E-state index < -0.39 is 0 Å². The predicted octanol–water partition coefficient (Wildman–Crippen LogP) is 1.44. The van der Waals surface area contributed by atoms with E-state index in [0.29, 0.717) is 19.6 Å². The van der Waals surface area contributed by atoms with Gasteiger partial charge in [-0.3, -0.25) is 9.69 Å². The fourth-order valence-electron chi connectivity index (χ4n) is 2.62. The summed E-state index contributed by atoms with van der Waals surface area (Å²) in [6, 6.07) is 6.32. The molecule has 1 N–H and O–H groups in total. The van der Waals surface area contributed by atoms with Gasteiger partial charge in [0.25, 0.3) is 0 Å². The maximum absolute atomic E-state index is 12.9. The second-order valence-electron chi connectivity index (χ2n) is 5.50. The molecule has 1 fully saturated rings. The van der Waals surface area contributed by atoms with E-state index in [1.54, 1.807) is 24.5 Å². The van der Waals surface area contributed by atoms with Crippen LogP contribution in [0.1, 0.15) is 11.4 Å². The summed E-state index contributed by atoms with van der Waals surface area (Å²) in [5, 5.41) is 0. The van der Waals surface area contributed by atoms with Gasteiger partial charge >= 0.3 is 0 Å². The lowest BCUT2D eigenvalue weighted by Crippen LogP contribution is -2.50. The Morgan fingerprint density at radius 3 is 2.73 bits per heavy atom. The average molecular weight is 302 g/mol. The number of amides is 1. The van der Waals surface area contributed by atoms with E-state index in [9.17, 15) is 9.18 Å². The number of carbonyl (C=O) groups excluding carboxylic acids is 1. The van der Waals surface area contributed by atoms with E-state index >= 15 is 0 Å². The zero-order valence-corrected chi connectivity index (χ0v) is 12.3. The molecule has 0 radical (unpaired) electrons. The van der Waals surface area contributed by atoms with Crippen molar-refractivity contribution in [1.82, 2.24) is 19.8 Å².